The Bertz CT molecular complexity index is 1240. The number of rotatable bonds is 4. The molecule has 0 saturated carbocycles. The molecule has 0 spiro atoms. The van der Waals surface area contributed by atoms with Crippen molar-refractivity contribution in [1.29, 1.82) is 0 Å². The van der Waals surface area contributed by atoms with Gasteiger partial charge < -0.3 is 9.15 Å². The summed E-state index contributed by atoms with van der Waals surface area (Å²) < 4.78 is 12.1. The van der Waals surface area contributed by atoms with Gasteiger partial charge in [-0.3, -0.25) is 4.79 Å². The predicted molar refractivity (Wildman–Crippen MR) is 118 cm³/mol. The zero-order valence-corrected chi connectivity index (χ0v) is 17.5. The van der Waals surface area contributed by atoms with E-state index in [1.54, 1.807) is 24.3 Å². The first-order valence-corrected chi connectivity index (χ1v) is 9.89. The Hall–Kier alpha value is -2.75. The zero-order chi connectivity index (χ0) is 20.5. The lowest BCUT2D eigenvalue weighted by Gasteiger charge is -2.13. The Labute approximate surface area is 178 Å². The molecular weight excluding hydrogens is 407 g/mol. The Morgan fingerprint density at radius 1 is 0.931 bits per heavy atom. The number of aryl methyl sites for hydroxylation is 2. The van der Waals surface area contributed by atoms with Crippen LogP contribution in [0.15, 0.2) is 69.9 Å². The molecule has 0 fully saturated rings. The summed E-state index contributed by atoms with van der Waals surface area (Å²) in [6.07, 6.45) is 0. The van der Waals surface area contributed by atoms with Crippen LogP contribution in [0.3, 0.4) is 0 Å². The normalized spacial score (nSPS) is 11.0. The predicted octanol–water partition coefficient (Wildman–Crippen LogP) is 6.96. The Balaban J connectivity index is 1.86. The molecule has 0 aliphatic heterocycles. The highest BCUT2D eigenvalue weighted by Gasteiger charge is 2.19. The van der Waals surface area contributed by atoms with Gasteiger partial charge >= 0.3 is 0 Å². The summed E-state index contributed by atoms with van der Waals surface area (Å²) in [6.45, 7) is 4.09. The third-order valence-corrected chi connectivity index (χ3v) is 5.40. The molecule has 29 heavy (non-hydrogen) atoms. The van der Waals surface area contributed by atoms with Crippen LogP contribution in [0.25, 0.3) is 22.3 Å². The summed E-state index contributed by atoms with van der Waals surface area (Å²) >= 11 is 12.2. The molecule has 1 heterocycles. The molecule has 146 valence electrons. The standard InChI is InChI=1S/C24H18Cl2O3/c1-14-3-7-17(8-4-14)23-24(28-13-16-5-9-18(25)10-6-16)22(27)19-12-20(26)15(2)11-21(19)29-23/h3-12H,13H2,1-2H3. The van der Waals surface area contributed by atoms with Crippen LogP contribution in [0.4, 0.5) is 0 Å². The molecule has 0 atom stereocenters. The second kappa shape index (κ2) is 7.94. The van der Waals surface area contributed by atoms with Crippen molar-refractivity contribution in [3.05, 3.63) is 97.6 Å². The maximum absolute atomic E-state index is 13.3. The van der Waals surface area contributed by atoms with Crippen molar-refractivity contribution in [3.63, 3.8) is 0 Å². The number of hydrogen-bond donors (Lipinski definition) is 0. The van der Waals surface area contributed by atoms with E-state index < -0.39 is 0 Å². The van der Waals surface area contributed by atoms with Crippen LogP contribution in [0.5, 0.6) is 5.75 Å². The van der Waals surface area contributed by atoms with Crippen molar-refractivity contribution < 1.29 is 9.15 Å². The smallest absolute Gasteiger partial charge is 0.235 e. The second-order valence-corrected chi connectivity index (χ2v) is 7.81. The fourth-order valence-corrected chi connectivity index (χ4v) is 3.35. The highest BCUT2D eigenvalue weighted by atomic mass is 35.5. The van der Waals surface area contributed by atoms with Crippen molar-refractivity contribution in [2.45, 2.75) is 20.5 Å². The number of hydrogen-bond acceptors (Lipinski definition) is 3. The van der Waals surface area contributed by atoms with Gasteiger partial charge in [-0.2, -0.15) is 0 Å². The van der Waals surface area contributed by atoms with Gasteiger partial charge in [0, 0.05) is 15.6 Å². The number of halogens is 2. The van der Waals surface area contributed by atoms with Crippen LogP contribution < -0.4 is 10.2 Å². The molecule has 0 N–H and O–H groups in total. The minimum Gasteiger partial charge on any atom is -0.481 e. The van der Waals surface area contributed by atoms with Gasteiger partial charge in [-0.15, -0.1) is 0 Å². The third-order valence-electron chi connectivity index (χ3n) is 4.74. The van der Waals surface area contributed by atoms with Gasteiger partial charge in [0.2, 0.25) is 11.2 Å². The number of fused-ring (bicyclic) bond motifs is 1. The summed E-state index contributed by atoms with van der Waals surface area (Å²) in [5.41, 5.74) is 3.85. The van der Waals surface area contributed by atoms with E-state index in [0.29, 0.717) is 26.8 Å². The Kier molecular flexibility index (Phi) is 5.35. The van der Waals surface area contributed by atoms with E-state index in [4.69, 9.17) is 32.4 Å². The lowest BCUT2D eigenvalue weighted by Crippen LogP contribution is -2.10. The Morgan fingerprint density at radius 2 is 1.62 bits per heavy atom. The van der Waals surface area contributed by atoms with Gasteiger partial charge in [-0.05, 0) is 49.2 Å². The van der Waals surface area contributed by atoms with Crippen LogP contribution >= 0.6 is 23.2 Å². The van der Waals surface area contributed by atoms with E-state index in [9.17, 15) is 4.79 Å². The van der Waals surface area contributed by atoms with E-state index in [2.05, 4.69) is 0 Å². The topological polar surface area (TPSA) is 39.4 Å². The molecule has 3 aromatic carbocycles. The first kappa shape index (κ1) is 19.6. The monoisotopic (exact) mass is 424 g/mol. The average molecular weight is 425 g/mol. The first-order valence-electron chi connectivity index (χ1n) is 9.13. The van der Waals surface area contributed by atoms with Crippen LogP contribution in [0.2, 0.25) is 10.0 Å². The minimum absolute atomic E-state index is 0.163. The molecule has 0 unspecified atom stereocenters. The molecule has 4 aromatic rings. The van der Waals surface area contributed by atoms with Gasteiger partial charge in [-0.25, -0.2) is 0 Å². The van der Waals surface area contributed by atoms with E-state index >= 15 is 0 Å². The minimum atomic E-state index is -0.252. The zero-order valence-electron chi connectivity index (χ0n) is 16.0. The van der Waals surface area contributed by atoms with Crippen molar-refractivity contribution in [1.82, 2.24) is 0 Å². The molecule has 0 aliphatic carbocycles. The van der Waals surface area contributed by atoms with Crippen LogP contribution in [-0.4, -0.2) is 0 Å². The van der Waals surface area contributed by atoms with E-state index in [0.717, 1.165) is 22.3 Å². The fraction of sp³-hybridized carbons (Fsp3) is 0.125. The fourth-order valence-electron chi connectivity index (χ4n) is 3.06. The van der Waals surface area contributed by atoms with E-state index in [1.807, 2.05) is 50.2 Å². The van der Waals surface area contributed by atoms with Crippen molar-refractivity contribution >= 4 is 34.2 Å². The molecule has 4 rings (SSSR count). The lowest BCUT2D eigenvalue weighted by molar-refractivity contribution is 0.298. The third kappa shape index (κ3) is 4.02. The lowest BCUT2D eigenvalue weighted by atomic mass is 10.1. The summed E-state index contributed by atoms with van der Waals surface area (Å²) in [4.78, 5) is 13.3. The number of ether oxygens (including phenoxy) is 1. The molecular formula is C24H18Cl2O3. The maximum Gasteiger partial charge on any atom is 0.235 e. The summed E-state index contributed by atoms with van der Waals surface area (Å²) in [6, 6.07) is 18.5. The highest BCUT2D eigenvalue weighted by Crippen LogP contribution is 2.33. The highest BCUT2D eigenvalue weighted by molar-refractivity contribution is 6.32. The van der Waals surface area contributed by atoms with E-state index in [1.165, 1.54) is 0 Å². The summed E-state index contributed by atoms with van der Waals surface area (Å²) in [5, 5.41) is 1.54. The van der Waals surface area contributed by atoms with Gasteiger partial charge in [0.15, 0.2) is 5.76 Å². The van der Waals surface area contributed by atoms with Crippen LogP contribution in [-0.2, 0) is 6.61 Å². The molecule has 1 aromatic heterocycles. The van der Waals surface area contributed by atoms with Gasteiger partial charge in [0.05, 0.1) is 5.39 Å². The van der Waals surface area contributed by atoms with Gasteiger partial charge in [0.1, 0.15) is 12.2 Å². The molecule has 5 heteroatoms. The van der Waals surface area contributed by atoms with Crippen LogP contribution in [0, 0.1) is 13.8 Å². The van der Waals surface area contributed by atoms with Crippen LogP contribution in [0.1, 0.15) is 16.7 Å². The summed E-state index contributed by atoms with van der Waals surface area (Å²) in [5.74, 6) is 0.564. The van der Waals surface area contributed by atoms with E-state index in [-0.39, 0.29) is 17.8 Å². The largest absolute Gasteiger partial charge is 0.481 e. The molecule has 0 saturated heterocycles. The molecule has 0 radical (unpaired) electrons. The summed E-state index contributed by atoms with van der Waals surface area (Å²) in [7, 11) is 0. The Morgan fingerprint density at radius 3 is 2.31 bits per heavy atom. The molecule has 0 bridgehead atoms. The van der Waals surface area contributed by atoms with Gasteiger partial charge in [0.25, 0.3) is 0 Å². The second-order valence-electron chi connectivity index (χ2n) is 6.97. The van der Waals surface area contributed by atoms with Crippen molar-refractivity contribution in [2.75, 3.05) is 0 Å². The SMILES string of the molecule is Cc1ccc(-c2oc3cc(C)c(Cl)cc3c(=O)c2OCc2ccc(Cl)cc2)cc1. The van der Waals surface area contributed by atoms with Crippen molar-refractivity contribution in [3.8, 4) is 17.1 Å². The quantitative estimate of drug-likeness (QED) is 0.355. The average Bonchev–Trinajstić information content (AvgIpc) is 2.71. The van der Waals surface area contributed by atoms with Crippen molar-refractivity contribution in [2.24, 2.45) is 0 Å². The first-order chi connectivity index (χ1) is 13.9. The maximum atomic E-state index is 13.3. The molecule has 3 nitrogen and oxygen atoms in total. The molecule has 0 aliphatic rings. The molecule has 0 amide bonds. The number of benzene rings is 3. The van der Waals surface area contributed by atoms with Gasteiger partial charge in [-0.1, -0.05) is 65.2 Å².